The van der Waals surface area contributed by atoms with E-state index in [1.165, 1.54) is 57.3 Å². The van der Waals surface area contributed by atoms with Gasteiger partial charge in [-0.1, -0.05) is 18.7 Å². The molecule has 0 fully saturated rings. The molecule has 6 heteroatoms. The molecule has 0 bridgehead atoms. The molecule has 164 valence electrons. The molecule has 0 atom stereocenters. The molecule has 0 spiro atoms. The average Bonchev–Trinajstić information content (AvgIpc) is 3.39. The molecule has 0 unspecified atom stereocenters. The van der Waals surface area contributed by atoms with E-state index in [1.807, 2.05) is 31.3 Å². The fourth-order valence-corrected chi connectivity index (χ4v) is 4.51. The Balaban J connectivity index is 0.000000200. The Labute approximate surface area is 185 Å². The molecular weight excluding hydrogens is 395 g/mol. The van der Waals surface area contributed by atoms with E-state index in [0.717, 1.165) is 24.1 Å². The molecule has 5 N–H and O–H groups in total. The molecule has 0 aromatic heterocycles. The van der Waals surface area contributed by atoms with Gasteiger partial charge in [0.1, 0.15) is 5.82 Å². The Morgan fingerprint density at radius 2 is 1.67 bits per heavy atom. The monoisotopic (exact) mass is 430 g/mol. The molecule has 2 aliphatic rings. The number of halogens is 1. The summed E-state index contributed by atoms with van der Waals surface area (Å²) in [4.78, 5) is 2.48. The van der Waals surface area contributed by atoms with Gasteiger partial charge >= 0.3 is 0 Å². The average molecular weight is 431 g/mol. The SMILES string of the molecule is C=CNc1c2c(cc3c1CCC3)CCC2.CN.CN(C)Cc1ccc(SN)c(F)c1. The molecule has 0 aliphatic heterocycles. The minimum atomic E-state index is -0.244. The van der Waals surface area contributed by atoms with Gasteiger partial charge in [-0.3, -0.25) is 5.14 Å². The highest BCUT2D eigenvalue weighted by Gasteiger charge is 2.23. The van der Waals surface area contributed by atoms with Gasteiger partial charge in [-0.25, -0.2) is 4.39 Å². The van der Waals surface area contributed by atoms with E-state index in [4.69, 9.17) is 5.14 Å². The predicted octanol–water partition coefficient (Wildman–Crippen LogP) is 4.65. The first kappa shape index (κ1) is 24.4. The van der Waals surface area contributed by atoms with Crippen LogP contribution in [0, 0.1) is 5.82 Å². The minimum Gasteiger partial charge on any atom is -0.362 e. The van der Waals surface area contributed by atoms with E-state index in [-0.39, 0.29) is 5.82 Å². The first-order valence-electron chi connectivity index (χ1n) is 10.4. The molecule has 2 aromatic rings. The van der Waals surface area contributed by atoms with Gasteiger partial charge in [0.15, 0.2) is 0 Å². The molecule has 4 rings (SSSR count). The predicted molar refractivity (Wildman–Crippen MR) is 128 cm³/mol. The Morgan fingerprint density at radius 3 is 2.13 bits per heavy atom. The van der Waals surface area contributed by atoms with Crippen molar-refractivity contribution in [2.75, 3.05) is 26.5 Å². The van der Waals surface area contributed by atoms with E-state index >= 15 is 0 Å². The number of aryl methyl sites for hydroxylation is 2. The van der Waals surface area contributed by atoms with Gasteiger partial charge in [-0.05, 0) is 118 Å². The van der Waals surface area contributed by atoms with Gasteiger partial charge in [0.2, 0.25) is 0 Å². The third-order valence-corrected chi connectivity index (χ3v) is 5.93. The normalized spacial score (nSPS) is 13.6. The van der Waals surface area contributed by atoms with E-state index in [0.29, 0.717) is 4.90 Å². The van der Waals surface area contributed by atoms with Crippen LogP contribution in [0.15, 0.2) is 41.9 Å². The number of nitrogens with one attached hydrogen (secondary N) is 1. The topological polar surface area (TPSA) is 67.3 Å². The Kier molecular flexibility index (Phi) is 9.85. The second-order valence-corrected chi connectivity index (χ2v) is 8.38. The second-order valence-electron chi connectivity index (χ2n) is 7.70. The van der Waals surface area contributed by atoms with Crippen molar-refractivity contribution in [1.82, 2.24) is 4.90 Å². The summed E-state index contributed by atoms with van der Waals surface area (Å²) < 4.78 is 13.2. The van der Waals surface area contributed by atoms with Gasteiger partial charge in [0.05, 0.1) is 4.90 Å². The van der Waals surface area contributed by atoms with Gasteiger partial charge in [0.25, 0.3) is 0 Å². The minimum absolute atomic E-state index is 0.244. The molecule has 0 radical (unpaired) electrons. The van der Waals surface area contributed by atoms with Crippen molar-refractivity contribution in [3.05, 3.63) is 70.7 Å². The fourth-order valence-electron chi connectivity index (χ4n) is 4.20. The van der Waals surface area contributed by atoms with E-state index in [2.05, 4.69) is 23.7 Å². The van der Waals surface area contributed by atoms with E-state index in [9.17, 15) is 4.39 Å². The number of hydrogen-bond acceptors (Lipinski definition) is 5. The van der Waals surface area contributed by atoms with Crippen LogP contribution in [0.2, 0.25) is 0 Å². The molecule has 30 heavy (non-hydrogen) atoms. The van der Waals surface area contributed by atoms with Gasteiger partial charge in [0, 0.05) is 12.2 Å². The lowest BCUT2D eigenvalue weighted by molar-refractivity contribution is 0.401. The number of benzene rings is 2. The maximum absolute atomic E-state index is 13.2. The number of hydrogen-bond donors (Lipinski definition) is 3. The third kappa shape index (κ3) is 6.08. The Hall–Kier alpha value is -1.86. The second kappa shape index (κ2) is 12.1. The number of rotatable bonds is 5. The van der Waals surface area contributed by atoms with Crippen LogP contribution in [0.25, 0.3) is 0 Å². The smallest absolute Gasteiger partial charge is 0.138 e. The molecule has 4 nitrogen and oxygen atoms in total. The zero-order valence-electron chi connectivity index (χ0n) is 18.4. The fraction of sp³-hybridized carbons (Fsp3) is 0.417. The number of nitrogens with zero attached hydrogens (tertiary/aromatic N) is 1. The Bertz CT molecular complexity index is 819. The van der Waals surface area contributed by atoms with Crippen molar-refractivity contribution < 1.29 is 4.39 Å². The van der Waals surface area contributed by atoms with Crippen LogP contribution in [0.1, 0.15) is 40.7 Å². The third-order valence-electron chi connectivity index (χ3n) is 5.34. The first-order chi connectivity index (χ1) is 14.5. The summed E-state index contributed by atoms with van der Waals surface area (Å²) in [5.41, 5.74) is 13.2. The maximum Gasteiger partial charge on any atom is 0.138 e. The lowest BCUT2D eigenvalue weighted by Gasteiger charge is -2.14. The van der Waals surface area contributed by atoms with Crippen LogP contribution < -0.4 is 16.2 Å². The summed E-state index contributed by atoms with van der Waals surface area (Å²) in [6, 6.07) is 7.57. The highest BCUT2D eigenvalue weighted by atomic mass is 32.2. The van der Waals surface area contributed by atoms with Crippen molar-refractivity contribution in [2.45, 2.75) is 50.0 Å². The largest absolute Gasteiger partial charge is 0.362 e. The summed E-state index contributed by atoms with van der Waals surface area (Å²) in [5, 5.41) is 8.64. The van der Waals surface area contributed by atoms with Crippen LogP contribution in [-0.2, 0) is 32.2 Å². The quantitative estimate of drug-likeness (QED) is 0.603. The first-order valence-corrected chi connectivity index (χ1v) is 11.3. The van der Waals surface area contributed by atoms with Crippen molar-refractivity contribution >= 4 is 17.6 Å². The molecule has 0 saturated heterocycles. The van der Waals surface area contributed by atoms with E-state index in [1.54, 1.807) is 28.3 Å². The van der Waals surface area contributed by atoms with Gasteiger partial charge in [-0.15, -0.1) is 0 Å². The van der Waals surface area contributed by atoms with Crippen LogP contribution in [-0.4, -0.2) is 26.0 Å². The summed E-state index contributed by atoms with van der Waals surface area (Å²) in [6.45, 7) is 4.54. The summed E-state index contributed by atoms with van der Waals surface area (Å²) in [7, 11) is 5.40. The summed E-state index contributed by atoms with van der Waals surface area (Å²) in [6.07, 6.45) is 9.51. The number of nitrogens with two attached hydrogens (primary N) is 2. The molecule has 2 aliphatic carbocycles. The standard InChI is InChI=1S/C14H17N.C9H13FN2S.CH5N/c1-2-15-14-12-7-3-5-10(12)9-11-6-4-8-13(11)14;1-12(2)6-7-3-4-9(13-11)8(10)5-7;1-2/h2,9,15H,1,3-8H2;3-5H,6,11H2,1-2H3;2H2,1H3. The van der Waals surface area contributed by atoms with Crippen LogP contribution in [0.5, 0.6) is 0 Å². The molecule has 0 heterocycles. The molecule has 0 amide bonds. The number of anilines is 1. The van der Waals surface area contributed by atoms with Gasteiger partial charge < -0.3 is 16.0 Å². The highest BCUT2D eigenvalue weighted by molar-refractivity contribution is 7.97. The summed E-state index contributed by atoms with van der Waals surface area (Å²) >= 11 is 0.934. The van der Waals surface area contributed by atoms with Crippen molar-refractivity contribution in [2.24, 2.45) is 10.9 Å². The lowest BCUT2D eigenvalue weighted by Crippen LogP contribution is -2.10. The van der Waals surface area contributed by atoms with Crippen molar-refractivity contribution in [1.29, 1.82) is 0 Å². The van der Waals surface area contributed by atoms with Crippen LogP contribution >= 0.6 is 11.9 Å². The van der Waals surface area contributed by atoms with Crippen molar-refractivity contribution in [3.63, 3.8) is 0 Å². The van der Waals surface area contributed by atoms with E-state index < -0.39 is 0 Å². The highest BCUT2D eigenvalue weighted by Crippen LogP contribution is 2.38. The summed E-state index contributed by atoms with van der Waals surface area (Å²) in [5.74, 6) is -0.244. The van der Waals surface area contributed by atoms with Crippen LogP contribution in [0.4, 0.5) is 10.1 Å². The molecular formula is C24H35FN4S. The van der Waals surface area contributed by atoms with Crippen LogP contribution in [0.3, 0.4) is 0 Å². The van der Waals surface area contributed by atoms with Gasteiger partial charge in [-0.2, -0.15) is 0 Å². The zero-order valence-corrected chi connectivity index (χ0v) is 19.2. The lowest BCUT2D eigenvalue weighted by atomic mass is 9.99. The molecule has 2 aromatic carbocycles. The zero-order chi connectivity index (χ0) is 22.1. The van der Waals surface area contributed by atoms with Crippen molar-refractivity contribution in [3.8, 4) is 0 Å². The number of fused-ring (bicyclic) bond motifs is 2. The Morgan fingerprint density at radius 1 is 1.07 bits per heavy atom. The molecule has 0 saturated carbocycles. The maximum atomic E-state index is 13.2.